The average molecular weight is 301 g/mol. The standard InChI is InChI=1S/C17H23N3O2/c1-15-18-16(14-22-15)13-20-9-7-19(8-10-20)11-12-21-17-5-3-2-4-6-17/h2-6,14H,7-13H2,1H3. The fourth-order valence-electron chi connectivity index (χ4n) is 2.69. The number of oxazole rings is 1. The highest BCUT2D eigenvalue weighted by Gasteiger charge is 2.17. The van der Waals surface area contributed by atoms with Crippen molar-refractivity contribution in [3.05, 3.63) is 48.2 Å². The maximum atomic E-state index is 5.76. The summed E-state index contributed by atoms with van der Waals surface area (Å²) in [6, 6.07) is 10.00. The summed E-state index contributed by atoms with van der Waals surface area (Å²) >= 11 is 0. The summed E-state index contributed by atoms with van der Waals surface area (Å²) in [4.78, 5) is 9.24. The molecule has 0 bridgehead atoms. The zero-order valence-corrected chi connectivity index (χ0v) is 13.1. The SMILES string of the molecule is Cc1nc(CN2CCN(CCOc3ccccc3)CC2)co1. The van der Waals surface area contributed by atoms with Crippen molar-refractivity contribution in [3.8, 4) is 5.75 Å². The van der Waals surface area contributed by atoms with Crippen LogP contribution in [-0.4, -0.2) is 54.1 Å². The van der Waals surface area contributed by atoms with Gasteiger partial charge in [0.15, 0.2) is 5.89 Å². The lowest BCUT2D eigenvalue weighted by Gasteiger charge is -2.34. The maximum Gasteiger partial charge on any atom is 0.191 e. The van der Waals surface area contributed by atoms with Gasteiger partial charge in [0.2, 0.25) is 0 Å². The first-order valence-electron chi connectivity index (χ1n) is 7.83. The van der Waals surface area contributed by atoms with Gasteiger partial charge < -0.3 is 9.15 Å². The Balaban J connectivity index is 1.35. The van der Waals surface area contributed by atoms with Crippen molar-refractivity contribution in [3.63, 3.8) is 0 Å². The van der Waals surface area contributed by atoms with E-state index in [0.29, 0.717) is 0 Å². The average Bonchev–Trinajstić information content (AvgIpc) is 2.95. The van der Waals surface area contributed by atoms with E-state index >= 15 is 0 Å². The van der Waals surface area contributed by atoms with Crippen molar-refractivity contribution < 1.29 is 9.15 Å². The Hall–Kier alpha value is -1.85. The summed E-state index contributed by atoms with van der Waals surface area (Å²) in [7, 11) is 0. The van der Waals surface area contributed by atoms with Crippen LogP contribution in [0, 0.1) is 6.92 Å². The highest BCUT2D eigenvalue weighted by molar-refractivity contribution is 5.20. The van der Waals surface area contributed by atoms with E-state index in [1.807, 2.05) is 37.3 Å². The number of rotatable bonds is 6. The monoisotopic (exact) mass is 301 g/mol. The second kappa shape index (κ2) is 7.42. The third kappa shape index (κ3) is 4.32. The summed E-state index contributed by atoms with van der Waals surface area (Å²) in [6.07, 6.45) is 1.76. The van der Waals surface area contributed by atoms with E-state index < -0.39 is 0 Å². The van der Waals surface area contributed by atoms with E-state index in [4.69, 9.17) is 9.15 Å². The molecule has 1 aliphatic rings. The topological polar surface area (TPSA) is 41.7 Å². The molecule has 1 fully saturated rings. The van der Waals surface area contributed by atoms with Crippen LogP contribution in [0.3, 0.4) is 0 Å². The number of hydrogen-bond acceptors (Lipinski definition) is 5. The first-order valence-corrected chi connectivity index (χ1v) is 7.83. The second-order valence-electron chi connectivity index (χ2n) is 5.64. The van der Waals surface area contributed by atoms with Gasteiger partial charge in [0.1, 0.15) is 18.6 Å². The van der Waals surface area contributed by atoms with E-state index in [9.17, 15) is 0 Å². The Morgan fingerprint density at radius 3 is 2.50 bits per heavy atom. The first kappa shape index (κ1) is 15.1. The number of nitrogens with zero attached hydrogens (tertiary/aromatic N) is 3. The van der Waals surface area contributed by atoms with Crippen LogP contribution in [0.4, 0.5) is 0 Å². The van der Waals surface area contributed by atoms with Crippen molar-refractivity contribution in [2.75, 3.05) is 39.3 Å². The van der Waals surface area contributed by atoms with Gasteiger partial charge in [-0.15, -0.1) is 0 Å². The predicted octanol–water partition coefficient (Wildman–Crippen LogP) is 2.18. The third-order valence-electron chi connectivity index (χ3n) is 3.94. The van der Waals surface area contributed by atoms with Gasteiger partial charge in [0.05, 0.1) is 5.69 Å². The van der Waals surface area contributed by atoms with Gasteiger partial charge in [-0.05, 0) is 12.1 Å². The lowest BCUT2D eigenvalue weighted by atomic mass is 10.3. The quantitative estimate of drug-likeness (QED) is 0.818. The molecule has 1 aromatic heterocycles. The van der Waals surface area contributed by atoms with Crippen LogP contribution in [0.2, 0.25) is 0 Å². The number of piperazine rings is 1. The van der Waals surface area contributed by atoms with Crippen molar-refractivity contribution >= 4 is 0 Å². The van der Waals surface area contributed by atoms with Crippen LogP contribution < -0.4 is 4.74 Å². The van der Waals surface area contributed by atoms with Gasteiger partial charge in [0, 0.05) is 46.2 Å². The Morgan fingerprint density at radius 2 is 1.82 bits per heavy atom. The minimum Gasteiger partial charge on any atom is -0.492 e. The number of para-hydroxylation sites is 1. The molecule has 0 spiro atoms. The minimum absolute atomic E-state index is 0.742. The van der Waals surface area contributed by atoms with Crippen LogP contribution in [-0.2, 0) is 6.54 Å². The van der Waals surface area contributed by atoms with Gasteiger partial charge >= 0.3 is 0 Å². The van der Waals surface area contributed by atoms with Crippen molar-refractivity contribution in [2.24, 2.45) is 0 Å². The fourth-order valence-corrected chi connectivity index (χ4v) is 2.69. The van der Waals surface area contributed by atoms with E-state index in [0.717, 1.165) is 63.2 Å². The summed E-state index contributed by atoms with van der Waals surface area (Å²) in [5, 5.41) is 0. The molecule has 3 rings (SSSR count). The third-order valence-corrected chi connectivity index (χ3v) is 3.94. The van der Waals surface area contributed by atoms with E-state index in [1.165, 1.54) is 0 Å². The molecule has 22 heavy (non-hydrogen) atoms. The smallest absolute Gasteiger partial charge is 0.191 e. The molecular formula is C17H23N3O2. The normalized spacial score (nSPS) is 16.8. The molecule has 2 heterocycles. The van der Waals surface area contributed by atoms with E-state index in [-0.39, 0.29) is 0 Å². The van der Waals surface area contributed by atoms with Crippen molar-refractivity contribution in [1.82, 2.24) is 14.8 Å². The Morgan fingerprint density at radius 1 is 1.09 bits per heavy atom. The molecule has 1 saturated heterocycles. The van der Waals surface area contributed by atoms with E-state index in [2.05, 4.69) is 14.8 Å². The zero-order valence-electron chi connectivity index (χ0n) is 13.1. The van der Waals surface area contributed by atoms with Gasteiger partial charge in [-0.25, -0.2) is 4.98 Å². The second-order valence-corrected chi connectivity index (χ2v) is 5.64. The summed E-state index contributed by atoms with van der Waals surface area (Å²) < 4.78 is 11.0. The highest BCUT2D eigenvalue weighted by Crippen LogP contribution is 2.10. The molecule has 5 heteroatoms. The Kier molecular flexibility index (Phi) is 5.08. The van der Waals surface area contributed by atoms with Crippen molar-refractivity contribution in [2.45, 2.75) is 13.5 Å². The fraction of sp³-hybridized carbons (Fsp3) is 0.471. The van der Waals surface area contributed by atoms with Crippen molar-refractivity contribution in [1.29, 1.82) is 0 Å². The molecule has 0 atom stereocenters. The number of hydrogen-bond donors (Lipinski definition) is 0. The van der Waals surface area contributed by atoms with Gasteiger partial charge in [-0.1, -0.05) is 18.2 Å². The van der Waals surface area contributed by atoms with Gasteiger partial charge in [0.25, 0.3) is 0 Å². The van der Waals surface area contributed by atoms with Crippen LogP contribution in [0.1, 0.15) is 11.6 Å². The summed E-state index contributed by atoms with van der Waals surface area (Å²) in [5.41, 5.74) is 1.03. The first-order chi connectivity index (χ1) is 10.8. The lowest BCUT2D eigenvalue weighted by molar-refractivity contribution is 0.111. The number of aryl methyl sites for hydroxylation is 1. The molecule has 1 aromatic carbocycles. The molecule has 0 N–H and O–H groups in total. The van der Waals surface area contributed by atoms with Crippen LogP contribution >= 0.6 is 0 Å². The van der Waals surface area contributed by atoms with Crippen LogP contribution in [0.5, 0.6) is 5.75 Å². The molecule has 0 unspecified atom stereocenters. The highest BCUT2D eigenvalue weighted by atomic mass is 16.5. The Labute approximate surface area is 131 Å². The molecule has 2 aromatic rings. The number of benzene rings is 1. The molecule has 0 saturated carbocycles. The molecule has 1 aliphatic heterocycles. The molecule has 0 amide bonds. The number of ether oxygens (including phenoxy) is 1. The maximum absolute atomic E-state index is 5.76. The predicted molar refractivity (Wildman–Crippen MR) is 84.9 cm³/mol. The molecule has 5 nitrogen and oxygen atoms in total. The molecule has 0 radical (unpaired) electrons. The zero-order chi connectivity index (χ0) is 15.2. The van der Waals surface area contributed by atoms with Gasteiger partial charge in [-0.3, -0.25) is 9.80 Å². The summed E-state index contributed by atoms with van der Waals surface area (Å²) in [6.45, 7) is 8.77. The lowest BCUT2D eigenvalue weighted by Crippen LogP contribution is -2.47. The van der Waals surface area contributed by atoms with Gasteiger partial charge in [-0.2, -0.15) is 0 Å². The van der Waals surface area contributed by atoms with Crippen LogP contribution in [0.25, 0.3) is 0 Å². The number of aromatic nitrogens is 1. The molecular weight excluding hydrogens is 278 g/mol. The Bertz CT molecular complexity index is 562. The molecule has 0 aliphatic carbocycles. The summed E-state index contributed by atoms with van der Waals surface area (Å²) in [5.74, 6) is 1.69. The molecule has 118 valence electrons. The van der Waals surface area contributed by atoms with Crippen LogP contribution in [0.15, 0.2) is 41.0 Å². The van der Waals surface area contributed by atoms with E-state index in [1.54, 1.807) is 6.26 Å². The minimum atomic E-state index is 0.742. The largest absolute Gasteiger partial charge is 0.492 e.